The van der Waals surface area contributed by atoms with Gasteiger partial charge in [0, 0.05) is 23.6 Å². The summed E-state index contributed by atoms with van der Waals surface area (Å²) in [6.45, 7) is 2.35. The van der Waals surface area contributed by atoms with Crippen molar-refractivity contribution in [2.75, 3.05) is 7.11 Å². The lowest BCUT2D eigenvalue weighted by Gasteiger charge is -2.11. The van der Waals surface area contributed by atoms with Gasteiger partial charge < -0.3 is 14.0 Å². The Labute approximate surface area is 155 Å². The fourth-order valence-electron chi connectivity index (χ4n) is 3.59. The third-order valence-corrected chi connectivity index (χ3v) is 4.91. The molecule has 0 radical (unpaired) electrons. The minimum absolute atomic E-state index is 0.255. The van der Waals surface area contributed by atoms with Crippen molar-refractivity contribution < 1.29 is 9.47 Å². The van der Waals surface area contributed by atoms with E-state index >= 15 is 0 Å². The Hall–Kier alpha value is -3.54. The third-order valence-electron chi connectivity index (χ3n) is 4.91. The molecule has 0 saturated carbocycles. The molecule has 6 nitrogen and oxygen atoms in total. The average molecular weight is 359 g/mol. The highest BCUT2D eigenvalue weighted by Gasteiger charge is 2.26. The molecular weight excluding hydrogens is 342 g/mol. The van der Waals surface area contributed by atoms with Gasteiger partial charge in [0.2, 0.25) is 5.75 Å². The van der Waals surface area contributed by atoms with Crippen LogP contribution in [0.5, 0.6) is 17.2 Å². The molecule has 4 aromatic rings. The van der Waals surface area contributed by atoms with Gasteiger partial charge in [-0.05, 0) is 31.2 Å². The van der Waals surface area contributed by atoms with Crippen molar-refractivity contribution in [3.05, 3.63) is 65.1 Å². The number of nitrogens with zero attached hydrogens (tertiary/aromatic N) is 3. The first-order valence-corrected chi connectivity index (χ1v) is 8.78. The molecule has 0 spiro atoms. The topological polar surface area (TPSA) is 58.3 Å². The van der Waals surface area contributed by atoms with E-state index < -0.39 is 0 Å². The summed E-state index contributed by atoms with van der Waals surface area (Å²) in [4.78, 5) is 13.0. The highest BCUT2D eigenvalue weighted by Crippen LogP contribution is 2.44. The van der Waals surface area contributed by atoms with Crippen LogP contribution in [0.1, 0.15) is 6.92 Å². The first-order valence-electron chi connectivity index (χ1n) is 8.78. The van der Waals surface area contributed by atoms with Crippen molar-refractivity contribution in [2.45, 2.75) is 13.5 Å². The van der Waals surface area contributed by atoms with E-state index in [4.69, 9.17) is 9.47 Å². The van der Waals surface area contributed by atoms with Crippen LogP contribution in [0, 0.1) is 0 Å². The number of methoxy groups -OCH3 is 1. The number of benzene rings is 2. The van der Waals surface area contributed by atoms with Crippen molar-refractivity contribution in [3.63, 3.8) is 0 Å². The standard InChI is InChI=1S/C21H17N3O3/c1-3-23-21(25)20-18(12-22-23)24-16-7-5-4-6-13(16)10-17(24)15-9-8-14(26-2)11-19(15)27-20/h4-12H,3H2,1-2H3. The summed E-state index contributed by atoms with van der Waals surface area (Å²) in [5.74, 6) is 1.52. The van der Waals surface area contributed by atoms with E-state index in [-0.39, 0.29) is 11.3 Å². The van der Waals surface area contributed by atoms with E-state index in [0.29, 0.717) is 23.7 Å². The second-order valence-electron chi connectivity index (χ2n) is 6.37. The van der Waals surface area contributed by atoms with Crippen LogP contribution in [-0.2, 0) is 6.54 Å². The summed E-state index contributed by atoms with van der Waals surface area (Å²) in [7, 11) is 1.61. The van der Waals surface area contributed by atoms with Crippen molar-refractivity contribution >= 4 is 10.9 Å². The maximum Gasteiger partial charge on any atom is 0.311 e. The van der Waals surface area contributed by atoms with Crippen LogP contribution in [0.3, 0.4) is 0 Å². The van der Waals surface area contributed by atoms with E-state index in [9.17, 15) is 4.79 Å². The lowest BCUT2D eigenvalue weighted by atomic mass is 10.1. The molecule has 0 amide bonds. The van der Waals surface area contributed by atoms with Gasteiger partial charge in [-0.2, -0.15) is 5.10 Å². The zero-order valence-corrected chi connectivity index (χ0v) is 15.0. The minimum Gasteiger partial charge on any atom is -0.497 e. The molecule has 0 fully saturated rings. The van der Waals surface area contributed by atoms with E-state index in [1.807, 2.05) is 47.9 Å². The first-order chi connectivity index (χ1) is 13.2. The number of rotatable bonds is 2. The normalized spacial score (nSPS) is 11.9. The molecule has 2 aromatic heterocycles. The molecule has 0 unspecified atom stereocenters. The molecule has 134 valence electrons. The molecule has 0 aliphatic carbocycles. The molecule has 6 heteroatoms. The maximum absolute atomic E-state index is 13.0. The predicted octanol–water partition coefficient (Wildman–Crippen LogP) is 3.99. The molecule has 0 N–H and O–H groups in total. The third kappa shape index (κ3) is 2.19. The Bertz CT molecular complexity index is 1250. The van der Waals surface area contributed by atoms with Gasteiger partial charge in [-0.15, -0.1) is 0 Å². The average Bonchev–Trinajstić information content (AvgIpc) is 3.02. The number of ether oxygens (including phenoxy) is 2. The van der Waals surface area contributed by atoms with Gasteiger partial charge in [0.25, 0.3) is 0 Å². The van der Waals surface area contributed by atoms with Gasteiger partial charge in [-0.25, -0.2) is 4.68 Å². The fraction of sp³-hybridized carbons (Fsp3) is 0.143. The molecule has 27 heavy (non-hydrogen) atoms. The highest BCUT2D eigenvalue weighted by molar-refractivity contribution is 5.91. The van der Waals surface area contributed by atoms with Crippen LogP contribution in [0.4, 0.5) is 0 Å². The summed E-state index contributed by atoms with van der Waals surface area (Å²) in [5.41, 5.74) is 3.22. The highest BCUT2D eigenvalue weighted by atomic mass is 16.5. The first kappa shape index (κ1) is 15.7. The van der Waals surface area contributed by atoms with Crippen molar-refractivity contribution in [1.82, 2.24) is 14.3 Å². The van der Waals surface area contributed by atoms with E-state index in [1.165, 1.54) is 4.68 Å². The predicted molar refractivity (Wildman–Crippen MR) is 103 cm³/mol. The lowest BCUT2D eigenvalue weighted by molar-refractivity contribution is 0.408. The van der Waals surface area contributed by atoms with Crippen LogP contribution in [-0.4, -0.2) is 21.5 Å². The number of fused-ring (bicyclic) bond motifs is 7. The van der Waals surface area contributed by atoms with Gasteiger partial charge in [0.15, 0.2) is 0 Å². The van der Waals surface area contributed by atoms with Crippen LogP contribution in [0.2, 0.25) is 0 Å². The Morgan fingerprint density at radius 2 is 2.00 bits per heavy atom. The monoisotopic (exact) mass is 359 g/mol. The Kier molecular flexibility index (Phi) is 3.33. The summed E-state index contributed by atoms with van der Waals surface area (Å²) in [6, 6.07) is 15.8. The van der Waals surface area contributed by atoms with E-state index in [1.54, 1.807) is 13.3 Å². The number of para-hydroxylation sites is 1. The summed E-state index contributed by atoms with van der Waals surface area (Å²) in [5, 5.41) is 5.40. The van der Waals surface area contributed by atoms with Crippen molar-refractivity contribution in [1.29, 1.82) is 0 Å². The van der Waals surface area contributed by atoms with Gasteiger partial charge in [0.1, 0.15) is 17.2 Å². The zero-order chi connectivity index (χ0) is 18.5. The Morgan fingerprint density at radius 3 is 2.81 bits per heavy atom. The largest absolute Gasteiger partial charge is 0.497 e. The molecule has 2 aromatic carbocycles. The Morgan fingerprint density at radius 1 is 1.15 bits per heavy atom. The SMILES string of the molecule is CCn1ncc2c(c1=O)Oc1cc(OC)ccc1-c1cc3ccccc3n1-2. The van der Waals surface area contributed by atoms with Gasteiger partial charge in [-0.3, -0.25) is 4.79 Å². The van der Waals surface area contributed by atoms with E-state index in [2.05, 4.69) is 17.2 Å². The van der Waals surface area contributed by atoms with Crippen molar-refractivity contribution in [2.24, 2.45) is 0 Å². The quantitative estimate of drug-likeness (QED) is 0.478. The van der Waals surface area contributed by atoms with E-state index in [0.717, 1.165) is 22.2 Å². The second kappa shape index (κ2) is 5.74. The maximum atomic E-state index is 13.0. The number of aryl methyl sites for hydroxylation is 1. The molecule has 1 aliphatic heterocycles. The summed E-state index contributed by atoms with van der Waals surface area (Å²) < 4.78 is 14.9. The molecule has 0 saturated heterocycles. The van der Waals surface area contributed by atoms with Crippen LogP contribution >= 0.6 is 0 Å². The molecule has 1 aliphatic rings. The molecule has 0 bridgehead atoms. The number of aromatic nitrogens is 3. The lowest BCUT2D eigenvalue weighted by Crippen LogP contribution is -2.24. The molecule has 0 atom stereocenters. The number of hydrogen-bond acceptors (Lipinski definition) is 4. The second-order valence-corrected chi connectivity index (χ2v) is 6.37. The summed E-state index contributed by atoms with van der Waals surface area (Å²) in [6.07, 6.45) is 1.69. The smallest absolute Gasteiger partial charge is 0.311 e. The Balaban J connectivity index is 1.94. The van der Waals surface area contributed by atoms with Gasteiger partial charge in [0.05, 0.1) is 24.5 Å². The molecular formula is C21H17N3O3. The van der Waals surface area contributed by atoms with Crippen LogP contribution in [0.15, 0.2) is 59.5 Å². The van der Waals surface area contributed by atoms with Crippen molar-refractivity contribution in [3.8, 4) is 34.2 Å². The zero-order valence-electron chi connectivity index (χ0n) is 15.0. The van der Waals surface area contributed by atoms with Gasteiger partial charge >= 0.3 is 5.56 Å². The fourth-order valence-corrected chi connectivity index (χ4v) is 3.59. The molecule has 3 heterocycles. The van der Waals surface area contributed by atoms with Gasteiger partial charge in [-0.1, -0.05) is 18.2 Å². The minimum atomic E-state index is -0.255. The number of hydrogen-bond donors (Lipinski definition) is 0. The summed E-state index contributed by atoms with van der Waals surface area (Å²) >= 11 is 0. The van der Waals surface area contributed by atoms with Crippen LogP contribution < -0.4 is 15.0 Å². The van der Waals surface area contributed by atoms with Crippen LogP contribution in [0.25, 0.3) is 27.8 Å². The molecule has 5 rings (SSSR count).